The molecule has 0 saturated carbocycles. The molecular formula is C18H22N4O3S. The van der Waals surface area contributed by atoms with Gasteiger partial charge in [0.05, 0.1) is 17.6 Å². The standard InChI is InChI=1S/C18H22N4O3S/c1-26(24,25)22-11-3-10-21(12-13-22)18(23)15-7-5-14(6-8-15)17-16(19)4-2-9-20-17/h2,4-9H,3,10-13,19H2,1H3. The molecule has 7 nitrogen and oxygen atoms in total. The number of nitrogen functional groups attached to an aromatic ring is 1. The van der Waals surface area contributed by atoms with Crippen LogP contribution in [0, 0.1) is 0 Å². The average Bonchev–Trinajstić information content (AvgIpc) is 2.88. The number of pyridine rings is 1. The predicted molar refractivity (Wildman–Crippen MR) is 101 cm³/mol. The van der Waals surface area contributed by atoms with Crippen LogP contribution in [-0.4, -0.2) is 60.9 Å². The minimum atomic E-state index is -3.23. The maximum Gasteiger partial charge on any atom is 0.253 e. The number of rotatable bonds is 3. The van der Waals surface area contributed by atoms with Crippen molar-refractivity contribution in [1.29, 1.82) is 0 Å². The summed E-state index contributed by atoms with van der Waals surface area (Å²) >= 11 is 0. The Labute approximate surface area is 153 Å². The first-order chi connectivity index (χ1) is 12.4. The van der Waals surface area contributed by atoms with Crippen LogP contribution in [0.15, 0.2) is 42.6 Å². The number of anilines is 1. The molecule has 2 heterocycles. The lowest BCUT2D eigenvalue weighted by Crippen LogP contribution is -2.36. The zero-order valence-corrected chi connectivity index (χ0v) is 15.4. The van der Waals surface area contributed by atoms with E-state index in [4.69, 9.17) is 5.73 Å². The minimum absolute atomic E-state index is 0.0964. The van der Waals surface area contributed by atoms with Crippen LogP contribution in [-0.2, 0) is 10.0 Å². The summed E-state index contributed by atoms with van der Waals surface area (Å²) in [5.74, 6) is -0.0964. The lowest BCUT2D eigenvalue weighted by molar-refractivity contribution is 0.0764. The van der Waals surface area contributed by atoms with Gasteiger partial charge in [-0.2, -0.15) is 0 Å². The zero-order valence-electron chi connectivity index (χ0n) is 14.6. The van der Waals surface area contributed by atoms with Gasteiger partial charge in [0.2, 0.25) is 10.0 Å². The van der Waals surface area contributed by atoms with Gasteiger partial charge in [0.25, 0.3) is 5.91 Å². The van der Waals surface area contributed by atoms with E-state index >= 15 is 0 Å². The third-order valence-electron chi connectivity index (χ3n) is 4.46. The van der Waals surface area contributed by atoms with Crippen LogP contribution in [0.3, 0.4) is 0 Å². The van der Waals surface area contributed by atoms with Crippen LogP contribution in [0.1, 0.15) is 16.8 Å². The van der Waals surface area contributed by atoms with Gasteiger partial charge in [0.15, 0.2) is 0 Å². The second-order valence-corrected chi connectivity index (χ2v) is 8.31. The highest BCUT2D eigenvalue weighted by molar-refractivity contribution is 7.88. The average molecular weight is 374 g/mol. The molecule has 0 radical (unpaired) electrons. The molecule has 0 unspecified atom stereocenters. The molecule has 0 bridgehead atoms. The van der Waals surface area contributed by atoms with Crippen molar-refractivity contribution in [1.82, 2.24) is 14.2 Å². The molecule has 26 heavy (non-hydrogen) atoms. The highest BCUT2D eigenvalue weighted by atomic mass is 32.2. The molecule has 1 aromatic carbocycles. The Bertz CT molecular complexity index is 897. The van der Waals surface area contributed by atoms with Gasteiger partial charge in [-0.15, -0.1) is 0 Å². The molecule has 8 heteroatoms. The summed E-state index contributed by atoms with van der Waals surface area (Å²) in [6.07, 6.45) is 3.50. The molecular weight excluding hydrogens is 352 g/mol. The van der Waals surface area contributed by atoms with E-state index in [1.165, 1.54) is 10.6 Å². The van der Waals surface area contributed by atoms with E-state index in [0.29, 0.717) is 49.5 Å². The first-order valence-electron chi connectivity index (χ1n) is 8.41. The summed E-state index contributed by atoms with van der Waals surface area (Å²) in [5, 5.41) is 0. The summed E-state index contributed by atoms with van der Waals surface area (Å²) in [5.41, 5.74) is 8.62. The number of nitrogens with two attached hydrogens (primary N) is 1. The van der Waals surface area contributed by atoms with Crippen LogP contribution in [0.2, 0.25) is 0 Å². The Morgan fingerprint density at radius 3 is 2.46 bits per heavy atom. The molecule has 2 N–H and O–H groups in total. The van der Waals surface area contributed by atoms with Gasteiger partial charge in [0.1, 0.15) is 0 Å². The van der Waals surface area contributed by atoms with E-state index < -0.39 is 10.0 Å². The third-order valence-corrected chi connectivity index (χ3v) is 5.76. The first-order valence-corrected chi connectivity index (χ1v) is 10.3. The molecule has 1 saturated heterocycles. The van der Waals surface area contributed by atoms with E-state index in [0.717, 1.165) is 5.56 Å². The molecule has 138 valence electrons. The normalized spacial score (nSPS) is 16.3. The number of hydrogen-bond donors (Lipinski definition) is 1. The first kappa shape index (κ1) is 18.3. The van der Waals surface area contributed by atoms with E-state index in [1.54, 1.807) is 35.4 Å². The van der Waals surface area contributed by atoms with Crippen molar-refractivity contribution >= 4 is 21.6 Å². The highest BCUT2D eigenvalue weighted by Gasteiger charge is 2.24. The lowest BCUT2D eigenvalue weighted by atomic mass is 10.1. The third kappa shape index (κ3) is 4.03. The molecule has 0 aliphatic carbocycles. The van der Waals surface area contributed by atoms with Crippen LogP contribution in [0.25, 0.3) is 11.3 Å². The number of hydrogen-bond acceptors (Lipinski definition) is 5. The second-order valence-electron chi connectivity index (χ2n) is 6.33. The van der Waals surface area contributed by atoms with Gasteiger partial charge in [-0.3, -0.25) is 9.78 Å². The summed E-state index contributed by atoms with van der Waals surface area (Å²) in [7, 11) is -3.23. The fourth-order valence-corrected chi connectivity index (χ4v) is 3.91. The summed E-state index contributed by atoms with van der Waals surface area (Å²) < 4.78 is 24.8. The molecule has 1 amide bonds. The molecule has 0 spiro atoms. The van der Waals surface area contributed by atoms with Crippen LogP contribution in [0.5, 0.6) is 0 Å². The number of aromatic nitrogens is 1. The zero-order chi connectivity index (χ0) is 18.7. The molecule has 3 rings (SSSR count). The molecule has 1 fully saturated rings. The SMILES string of the molecule is CS(=O)(=O)N1CCCN(C(=O)c2ccc(-c3ncccc3N)cc2)CC1. The second kappa shape index (κ2) is 7.43. The number of amides is 1. The fraction of sp³-hybridized carbons (Fsp3) is 0.333. The highest BCUT2D eigenvalue weighted by Crippen LogP contribution is 2.23. The van der Waals surface area contributed by atoms with Gasteiger partial charge in [-0.05, 0) is 30.7 Å². The molecule has 2 aromatic rings. The summed E-state index contributed by atoms with van der Waals surface area (Å²) in [4.78, 5) is 18.7. The van der Waals surface area contributed by atoms with Gasteiger partial charge in [-0.1, -0.05) is 12.1 Å². The smallest absolute Gasteiger partial charge is 0.253 e. The van der Waals surface area contributed by atoms with Crippen molar-refractivity contribution in [3.05, 3.63) is 48.2 Å². The summed E-state index contributed by atoms with van der Waals surface area (Å²) in [6.45, 7) is 1.70. The van der Waals surface area contributed by atoms with Crippen molar-refractivity contribution in [2.45, 2.75) is 6.42 Å². The van der Waals surface area contributed by atoms with Gasteiger partial charge in [0, 0.05) is 43.5 Å². The maximum absolute atomic E-state index is 12.7. The molecule has 1 aliphatic heterocycles. The van der Waals surface area contributed by atoms with E-state index in [2.05, 4.69) is 4.98 Å². The topological polar surface area (TPSA) is 96.6 Å². The predicted octanol–water partition coefficient (Wildman–Crippen LogP) is 1.44. The number of sulfonamides is 1. The van der Waals surface area contributed by atoms with E-state index in [-0.39, 0.29) is 5.91 Å². The number of carbonyl (C=O) groups is 1. The number of nitrogens with zero attached hydrogens (tertiary/aromatic N) is 3. The van der Waals surface area contributed by atoms with Crippen molar-refractivity contribution in [3.63, 3.8) is 0 Å². The van der Waals surface area contributed by atoms with Gasteiger partial charge in [-0.25, -0.2) is 12.7 Å². The number of benzene rings is 1. The van der Waals surface area contributed by atoms with Crippen molar-refractivity contribution in [2.24, 2.45) is 0 Å². The van der Waals surface area contributed by atoms with Crippen molar-refractivity contribution < 1.29 is 13.2 Å². The number of carbonyl (C=O) groups excluding carboxylic acids is 1. The van der Waals surface area contributed by atoms with E-state index in [9.17, 15) is 13.2 Å². The van der Waals surface area contributed by atoms with Crippen molar-refractivity contribution in [2.75, 3.05) is 38.2 Å². The van der Waals surface area contributed by atoms with Gasteiger partial charge >= 0.3 is 0 Å². The Morgan fingerprint density at radius 1 is 1.08 bits per heavy atom. The molecule has 0 atom stereocenters. The quantitative estimate of drug-likeness (QED) is 0.877. The Hall–Kier alpha value is -2.45. The summed E-state index contributed by atoms with van der Waals surface area (Å²) in [6, 6.07) is 10.7. The lowest BCUT2D eigenvalue weighted by Gasteiger charge is -2.21. The largest absolute Gasteiger partial charge is 0.397 e. The van der Waals surface area contributed by atoms with Gasteiger partial charge < -0.3 is 10.6 Å². The van der Waals surface area contributed by atoms with Crippen molar-refractivity contribution in [3.8, 4) is 11.3 Å². The van der Waals surface area contributed by atoms with Crippen LogP contribution < -0.4 is 5.73 Å². The van der Waals surface area contributed by atoms with E-state index in [1.807, 2.05) is 12.1 Å². The Morgan fingerprint density at radius 2 is 1.81 bits per heavy atom. The molecule has 1 aromatic heterocycles. The fourth-order valence-electron chi connectivity index (χ4n) is 3.04. The molecule has 1 aliphatic rings. The Kier molecular flexibility index (Phi) is 5.24. The van der Waals surface area contributed by atoms with Crippen LogP contribution >= 0.6 is 0 Å². The van der Waals surface area contributed by atoms with Crippen LogP contribution in [0.4, 0.5) is 5.69 Å². The minimum Gasteiger partial charge on any atom is -0.397 e. The monoisotopic (exact) mass is 374 g/mol. The maximum atomic E-state index is 12.7. The Balaban J connectivity index is 1.73.